The van der Waals surface area contributed by atoms with Crippen LogP contribution in [0.2, 0.25) is 0 Å². The Balaban J connectivity index is 2.01. The predicted molar refractivity (Wildman–Crippen MR) is 99.8 cm³/mol. The summed E-state index contributed by atoms with van der Waals surface area (Å²) < 4.78 is 13.4. The van der Waals surface area contributed by atoms with E-state index in [-0.39, 0.29) is 23.5 Å². The van der Waals surface area contributed by atoms with Crippen molar-refractivity contribution in [2.24, 2.45) is 0 Å². The molecular formula is C20H19FN4O. The fourth-order valence-corrected chi connectivity index (χ4v) is 2.39. The van der Waals surface area contributed by atoms with Gasteiger partial charge in [-0.3, -0.25) is 4.79 Å². The van der Waals surface area contributed by atoms with Gasteiger partial charge in [-0.1, -0.05) is 36.4 Å². The lowest BCUT2D eigenvalue weighted by atomic mass is 10.2. The van der Waals surface area contributed by atoms with E-state index in [1.165, 1.54) is 12.1 Å². The van der Waals surface area contributed by atoms with Crippen molar-refractivity contribution in [2.45, 2.75) is 19.9 Å². The van der Waals surface area contributed by atoms with E-state index in [0.29, 0.717) is 17.3 Å². The molecule has 0 radical (unpaired) electrons. The van der Waals surface area contributed by atoms with Crippen LogP contribution in [0.15, 0.2) is 60.7 Å². The van der Waals surface area contributed by atoms with E-state index in [0.717, 1.165) is 5.56 Å². The van der Waals surface area contributed by atoms with Crippen LogP contribution < -0.4 is 10.6 Å². The molecule has 3 aromatic rings. The molecule has 0 aliphatic rings. The maximum Gasteiger partial charge on any atom is 0.270 e. The minimum Gasteiger partial charge on any atom is -0.349 e. The van der Waals surface area contributed by atoms with Gasteiger partial charge in [0.1, 0.15) is 17.3 Å². The van der Waals surface area contributed by atoms with E-state index in [4.69, 9.17) is 0 Å². The van der Waals surface area contributed by atoms with E-state index < -0.39 is 0 Å². The SMILES string of the molecule is CC(C)NC(=O)c1cc(Nc2cccc(F)c2)nc(-c2ccccc2)n1. The molecule has 0 fully saturated rings. The van der Waals surface area contributed by atoms with Crippen molar-refractivity contribution in [3.8, 4) is 11.4 Å². The van der Waals surface area contributed by atoms with Crippen LogP contribution in [0, 0.1) is 5.82 Å². The molecule has 0 saturated carbocycles. The zero-order valence-corrected chi connectivity index (χ0v) is 14.5. The van der Waals surface area contributed by atoms with Crippen molar-refractivity contribution in [1.29, 1.82) is 0 Å². The molecule has 0 spiro atoms. The summed E-state index contributed by atoms with van der Waals surface area (Å²) in [5, 5.41) is 5.85. The molecule has 5 nitrogen and oxygen atoms in total. The number of amides is 1. The second-order valence-electron chi connectivity index (χ2n) is 6.09. The molecule has 132 valence electrons. The summed E-state index contributed by atoms with van der Waals surface area (Å²) in [7, 11) is 0. The van der Waals surface area contributed by atoms with E-state index >= 15 is 0 Å². The fraction of sp³-hybridized carbons (Fsp3) is 0.150. The molecule has 3 rings (SSSR count). The van der Waals surface area contributed by atoms with Crippen LogP contribution in [0.3, 0.4) is 0 Å². The standard InChI is InChI=1S/C20H19FN4O/c1-13(2)22-20(26)17-12-18(23-16-10-6-9-15(21)11-16)25-19(24-17)14-7-4-3-5-8-14/h3-13H,1-2H3,(H,22,26)(H,23,24,25). The summed E-state index contributed by atoms with van der Waals surface area (Å²) >= 11 is 0. The Kier molecular flexibility index (Phi) is 5.22. The molecule has 0 aliphatic heterocycles. The summed E-state index contributed by atoms with van der Waals surface area (Å²) in [6.45, 7) is 3.76. The lowest BCUT2D eigenvalue weighted by molar-refractivity contribution is 0.0938. The minimum absolute atomic E-state index is 0.0164. The maximum atomic E-state index is 13.4. The molecule has 26 heavy (non-hydrogen) atoms. The van der Waals surface area contributed by atoms with Gasteiger partial charge < -0.3 is 10.6 Å². The number of aromatic nitrogens is 2. The number of rotatable bonds is 5. The number of nitrogens with one attached hydrogen (secondary N) is 2. The summed E-state index contributed by atoms with van der Waals surface area (Å²) in [5.41, 5.74) is 1.57. The van der Waals surface area contributed by atoms with Crippen LogP contribution in [0.1, 0.15) is 24.3 Å². The van der Waals surface area contributed by atoms with E-state index in [1.807, 2.05) is 44.2 Å². The molecule has 0 saturated heterocycles. The Morgan fingerprint density at radius 3 is 2.46 bits per heavy atom. The molecule has 2 aromatic carbocycles. The van der Waals surface area contributed by atoms with E-state index in [2.05, 4.69) is 20.6 Å². The number of halogens is 1. The van der Waals surface area contributed by atoms with E-state index in [9.17, 15) is 9.18 Å². The second-order valence-corrected chi connectivity index (χ2v) is 6.09. The molecular weight excluding hydrogens is 331 g/mol. The first-order valence-electron chi connectivity index (χ1n) is 8.29. The van der Waals surface area contributed by atoms with Gasteiger partial charge in [0, 0.05) is 23.4 Å². The molecule has 1 amide bonds. The summed E-state index contributed by atoms with van der Waals surface area (Å²) in [5.74, 6) is 0.186. The number of benzene rings is 2. The largest absolute Gasteiger partial charge is 0.349 e. The van der Waals surface area contributed by atoms with Gasteiger partial charge in [0.25, 0.3) is 5.91 Å². The van der Waals surface area contributed by atoms with Crippen molar-refractivity contribution in [2.75, 3.05) is 5.32 Å². The Bertz CT molecular complexity index is 913. The second kappa shape index (κ2) is 7.74. The highest BCUT2D eigenvalue weighted by Crippen LogP contribution is 2.21. The highest BCUT2D eigenvalue weighted by atomic mass is 19.1. The normalized spacial score (nSPS) is 10.6. The molecule has 1 aromatic heterocycles. The highest BCUT2D eigenvalue weighted by Gasteiger charge is 2.14. The van der Waals surface area contributed by atoms with Crippen LogP contribution in [-0.2, 0) is 0 Å². The summed E-state index contributed by atoms with van der Waals surface area (Å²) in [6.07, 6.45) is 0. The number of carbonyl (C=O) groups excluding carboxylic acids is 1. The van der Waals surface area contributed by atoms with Crippen molar-refractivity contribution in [3.05, 3.63) is 72.2 Å². The van der Waals surface area contributed by atoms with Crippen molar-refractivity contribution in [1.82, 2.24) is 15.3 Å². The van der Waals surface area contributed by atoms with Gasteiger partial charge in [-0.15, -0.1) is 0 Å². The average molecular weight is 350 g/mol. The quantitative estimate of drug-likeness (QED) is 0.725. The molecule has 6 heteroatoms. The lowest BCUT2D eigenvalue weighted by Crippen LogP contribution is -2.31. The first-order valence-corrected chi connectivity index (χ1v) is 8.29. The highest BCUT2D eigenvalue weighted by molar-refractivity contribution is 5.93. The molecule has 2 N–H and O–H groups in total. The number of carbonyl (C=O) groups is 1. The molecule has 1 heterocycles. The third kappa shape index (κ3) is 4.42. The van der Waals surface area contributed by atoms with Crippen molar-refractivity contribution < 1.29 is 9.18 Å². The van der Waals surface area contributed by atoms with Gasteiger partial charge in [-0.2, -0.15) is 0 Å². The van der Waals surface area contributed by atoms with Gasteiger partial charge in [0.05, 0.1) is 0 Å². The van der Waals surface area contributed by atoms with E-state index in [1.54, 1.807) is 18.2 Å². The zero-order valence-electron chi connectivity index (χ0n) is 14.5. The maximum absolute atomic E-state index is 13.4. The van der Waals surface area contributed by atoms with Crippen molar-refractivity contribution in [3.63, 3.8) is 0 Å². The monoisotopic (exact) mass is 350 g/mol. The Labute approximate surface area is 151 Å². The number of hydrogen-bond acceptors (Lipinski definition) is 4. The third-order valence-corrected chi connectivity index (χ3v) is 3.51. The van der Waals surface area contributed by atoms with Crippen molar-refractivity contribution >= 4 is 17.4 Å². The molecule has 0 aliphatic carbocycles. The van der Waals surface area contributed by atoms with Crippen LogP contribution in [0.5, 0.6) is 0 Å². The summed E-state index contributed by atoms with van der Waals surface area (Å²) in [4.78, 5) is 21.3. The van der Waals surface area contributed by atoms with Gasteiger partial charge in [0.15, 0.2) is 5.82 Å². The lowest BCUT2D eigenvalue weighted by Gasteiger charge is -2.12. The average Bonchev–Trinajstić information content (AvgIpc) is 2.61. The van der Waals surface area contributed by atoms with Gasteiger partial charge in [-0.25, -0.2) is 14.4 Å². The first-order chi connectivity index (χ1) is 12.5. The van der Waals surface area contributed by atoms with Crippen LogP contribution >= 0.6 is 0 Å². The first kappa shape index (κ1) is 17.5. The smallest absolute Gasteiger partial charge is 0.270 e. The van der Waals surface area contributed by atoms with Gasteiger partial charge >= 0.3 is 0 Å². The number of nitrogens with zero attached hydrogens (tertiary/aromatic N) is 2. The molecule has 0 atom stereocenters. The van der Waals surface area contributed by atoms with Gasteiger partial charge in [0.2, 0.25) is 0 Å². The topological polar surface area (TPSA) is 66.9 Å². The fourth-order valence-electron chi connectivity index (χ4n) is 2.39. The molecule has 0 unspecified atom stereocenters. The Morgan fingerprint density at radius 2 is 1.77 bits per heavy atom. The predicted octanol–water partition coefficient (Wildman–Crippen LogP) is 4.16. The van der Waals surface area contributed by atoms with Gasteiger partial charge in [-0.05, 0) is 32.0 Å². The zero-order chi connectivity index (χ0) is 18.5. The Morgan fingerprint density at radius 1 is 1.00 bits per heavy atom. The number of anilines is 2. The molecule has 0 bridgehead atoms. The number of hydrogen-bond donors (Lipinski definition) is 2. The van der Waals surface area contributed by atoms with Crippen LogP contribution in [0.4, 0.5) is 15.9 Å². The Hall–Kier alpha value is -3.28. The van der Waals surface area contributed by atoms with Crippen LogP contribution in [-0.4, -0.2) is 21.9 Å². The summed E-state index contributed by atoms with van der Waals surface area (Å²) in [6, 6.07) is 17.0. The third-order valence-electron chi connectivity index (χ3n) is 3.51. The minimum atomic E-state index is -0.356. The van der Waals surface area contributed by atoms with Crippen LogP contribution in [0.25, 0.3) is 11.4 Å².